The molecule has 18 heavy (non-hydrogen) atoms. The highest BCUT2D eigenvalue weighted by atomic mass is 16.4. The first-order chi connectivity index (χ1) is 8.61. The lowest BCUT2D eigenvalue weighted by molar-refractivity contribution is 0.0696. The van der Waals surface area contributed by atoms with Crippen LogP contribution in [0.25, 0.3) is 0 Å². The molecule has 0 spiro atoms. The van der Waals surface area contributed by atoms with Gasteiger partial charge in [0.05, 0.1) is 5.56 Å². The third-order valence-corrected chi connectivity index (χ3v) is 2.20. The van der Waals surface area contributed by atoms with E-state index < -0.39 is 5.97 Å². The van der Waals surface area contributed by atoms with E-state index in [9.17, 15) is 9.59 Å². The first kappa shape index (κ1) is 13.6. The van der Waals surface area contributed by atoms with Crippen molar-refractivity contribution in [1.29, 1.82) is 0 Å². The highest BCUT2D eigenvalue weighted by Gasteiger charge is 1.96. The normalized spacial score (nSPS) is 8.94. The van der Waals surface area contributed by atoms with Gasteiger partial charge in [-0.3, -0.25) is 4.79 Å². The molecule has 0 aliphatic carbocycles. The van der Waals surface area contributed by atoms with Gasteiger partial charge in [0.25, 0.3) is 0 Å². The zero-order chi connectivity index (χ0) is 13.4. The molecule has 1 N–H and O–H groups in total. The van der Waals surface area contributed by atoms with Crippen molar-refractivity contribution in [2.45, 2.75) is 6.92 Å². The first-order valence-electron chi connectivity index (χ1n) is 5.45. The summed E-state index contributed by atoms with van der Waals surface area (Å²) in [7, 11) is 0. The van der Waals surface area contributed by atoms with E-state index in [0.717, 1.165) is 5.56 Å². The summed E-state index contributed by atoms with van der Waals surface area (Å²) in [5.74, 6) is -0.758. The molecular formula is C15H14O3. The molecule has 2 rings (SSSR count). The fraction of sp³-hybridized carbons (Fsp3) is 0.0667. The maximum absolute atomic E-state index is 10.6. The highest BCUT2D eigenvalue weighted by molar-refractivity contribution is 5.93. The fourth-order valence-electron chi connectivity index (χ4n) is 1.25. The van der Waals surface area contributed by atoms with Gasteiger partial charge in [-0.1, -0.05) is 48.5 Å². The first-order valence-corrected chi connectivity index (χ1v) is 5.45. The van der Waals surface area contributed by atoms with Gasteiger partial charge in [-0.25, -0.2) is 4.79 Å². The zero-order valence-electron chi connectivity index (χ0n) is 10.0. The smallest absolute Gasteiger partial charge is 0.335 e. The van der Waals surface area contributed by atoms with Crippen LogP contribution in [-0.2, 0) is 0 Å². The maximum atomic E-state index is 10.6. The second-order valence-corrected chi connectivity index (χ2v) is 3.59. The van der Waals surface area contributed by atoms with Crippen molar-refractivity contribution in [1.82, 2.24) is 0 Å². The Labute approximate surface area is 106 Å². The summed E-state index contributed by atoms with van der Waals surface area (Å²) in [4.78, 5) is 20.8. The number of carboxylic acid groups (broad SMARTS) is 1. The van der Waals surface area contributed by atoms with E-state index in [1.54, 1.807) is 37.3 Å². The zero-order valence-corrected chi connectivity index (χ0v) is 10.0. The lowest BCUT2D eigenvalue weighted by atomic mass is 10.2. The predicted molar refractivity (Wildman–Crippen MR) is 69.8 cm³/mol. The molecule has 0 atom stereocenters. The number of carbonyl (C=O) groups is 2. The van der Waals surface area contributed by atoms with Crippen molar-refractivity contribution in [3.05, 3.63) is 71.8 Å². The van der Waals surface area contributed by atoms with Crippen LogP contribution < -0.4 is 0 Å². The Hall–Kier alpha value is -2.42. The van der Waals surface area contributed by atoms with Gasteiger partial charge >= 0.3 is 5.97 Å². The summed E-state index contributed by atoms with van der Waals surface area (Å²) in [5, 5.41) is 8.38. The summed E-state index contributed by atoms with van der Waals surface area (Å²) in [6.45, 7) is 1.56. The largest absolute Gasteiger partial charge is 0.478 e. The summed E-state index contributed by atoms with van der Waals surface area (Å²) in [5.41, 5.74) is 1.11. The van der Waals surface area contributed by atoms with Gasteiger partial charge in [0.2, 0.25) is 0 Å². The molecule has 0 amide bonds. The predicted octanol–water partition coefficient (Wildman–Crippen LogP) is 3.27. The minimum atomic E-state index is -0.879. The van der Waals surface area contributed by atoms with Crippen molar-refractivity contribution < 1.29 is 14.7 Å². The van der Waals surface area contributed by atoms with Gasteiger partial charge in [0.1, 0.15) is 0 Å². The quantitative estimate of drug-likeness (QED) is 0.822. The van der Waals surface area contributed by atoms with Crippen LogP contribution in [0.1, 0.15) is 27.6 Å². The molecule has 0 heterocycles. The number of hydrogen-bond donors (Lipinski definition) is 1. The maximum Gasteiger partial charge on any atom is 0.335 e. The van der Waals surface area contributed by atoms with Crippen molar-refractivity contribution >= 4 is 11.8 Å². The van der Waals surface area contributed by atoms with Crippen LogP contribution in [0.3, 0.4) is 0 Å². The molecule has 0 aromatic heterocycles. The number of rotatable bonds is 2. The minimum absolute atomic E-state index is 0.121. The Morgan fingerprint density at radius 3 is 1.39 bits per heavy atom. The van der Waals surface area contributed by atoms with Crippen molar-refractivity contribution in [2.24, 2.45) is 0 Å². The summed E-state index contributed by atoms with van der Waals surface area (Å²) in [6, 6.07) is 17.5. The van der Waals surface area contributed by atoms with Crippen molar-refractivity contribution in [3.8, 4) is 0 Å². The third-order valence-electron chi connectivity index (χ3n) is 2.20. The Morgan fingerprint density at radius 2 is 1.17 bits per heavy atom. The molecule has 0 aliphatic rings. The second kappa shape index (κ2) is 7.01. The van der Waals surface area contributed by atoms with E-state index in [4.69, 9.17) is 5.11 Å². The van der Waals surface area contributed by atoms with E-state index in [-0.39, 0.29) is 5.78 Å². The molecule has 0 unspecified atom stereocenters. The van der Waals surface area contributed by atoms with Crippen molar-refractivity contribution in [3.63, 3.8) is 0 Å². The second-order valence-electron chi connectivity index (χ2n) is 3.59. The van der Waals surface area contributed by atoms with Crippen LogP contribution in [0.4, 0.5) is 0 Å². The number of carbonyl (C=O) groups excluding carboxylic acids is 1. The number of Topliss-reactive ketones (excluding diaryl/α,β-unsaturated/α-hetero) is 1. The highest BCUT2D eigenvalue weighted by Crippen LogP contribution is 1.97. The SMILES string of the molecule is CC(=O)c1ccccc1.O=C(O)c1ccccc1. The number of carboxylic acids is 1. The molecule has 2 aromatic carbocycles. The van der Waals surface area contributed by atoms with Gasteiger partial charge < -0.3 is 5.11 Å². The Balaban J connectivity index is 0.000000180. The number of aromatic carboxylic acids is 1. The molecule has 0 saturated carbocycles. The molecule has 0 saturated heterocycles. The number of hydrogen-bond acceptors (Lipinski definition) is 2. The number of benzene rings is 2. The standard InChI is InChI=1S/C8H8O.C7H6O2/c1-7(9)8-5-3-2-4-6-8;8-7(9)6-4-2-1-3-5-6/h2-6H,1H3;1-5H,(H,8,9). The average molecular weight is 242 g/mol. The molecule has 3 heteroatoms. The van der Waals surface area contributed by atoms with Gasteiger partial charge in [-0.05, 0) is 19.1 Å². The molecule has 0 fully saturated rings. The van der Waals surface area contributed by atoms with Gasteiger partial charge in [-0.15, -0.1) is 0 Å². The molecule has 3 nitrogen and oxygen atoms in total. The lowest BCUT2D eigenvalue weighted by Crippen LogP contribution is -1.93. The Bertz CT molecular complexity index is 454. The Morgan fingerprint density at radius 1 is 0.778 bits per heavy atom. The van der Waals surface area contributed by atoms with Crippen LogP contribution in [0.2, 0.25) is 0 Å². The molecule has 0 bridgehead atoms. The van der Waals surface area contributed by atoms with Gasteiger partial charge in [0.15, 0.2) is 5.78 Å². The average Bonchev–Trinajstić information content (AvgIpc) is 2.41. The summed E-state index contributed by atoms with van der Waals surface area (Å²) >= 11 is 0. The van der Waals surface area contributed by atoms with E-state index in [0.29, 0.717) is 5.56 Å². The monoisotopic (exact) mass is 242 g/mol. The van der Waals surface area contributed by atoms with Crippen LogP contribution in [0.5, 0.6) is 0 Å². The van der Waals surface area contributed by atoms with E-state index in [1.165, 1.54) is 0 Å². The Kier molecular flexibility index (Phi) is 5.32. The molecular weight excluding hydrogens is 228 g/mol. The minimum Gasteiger partial charge on any atom is -0.478 e. The van der Waals surface area contributed by atoms with Crippen LogP contribution in [0, 0.1) is 0 Å². The van der Waals surface area contributed by atoms with Gasteiger partial charge in [0, 0.05) is 5.56 Å². The van der Waals surface area contributed by atoms with E-state index in [2.05, 4.69) is 0 Å². The topological polar surface area (TPSA) is 54.4 Å². The van der Waals surface area contributed by atoms with E-state index >= 15 is 0 Å². The summed E-state index contributed by atoms with van der Waals surface area (Å²) in [6.07, 6.45) is 0. The van der Waals surface area contributed by atoms with Crippen LogP contribution >= 0.6 is 0 Å². The van der Waals surface area contributed by atoms with Crippen LogP contribution in [-0.4, -0.2) is 16.9 Å². The van der Waals surface area contributed by atoms with Crippen LogP contribution in [0.15, 0.2) is 60.7 Å². The molecule has 2 aromatic rings. The molecule has 92 valence electrons. The van der Waals surface area contributed by atoms with E-state index in [1.807, 2.05) is 30.3 Å². The van der Waals surface area contributed by atoms with Gasteiger partial charge in [-0.2, -0.15) is 0 Å². The molecule has 0 radical (unpaired) electrons. The summed E-state index contributed by atoms with van der Waals surface area (Å²) < 4.78 is 0. The number of ketones is 1. The third kappa shape index (κ3) is 4.61. The lowest BCUT2D eigenvalue weighted by Gasteiger charge is -1.89. The molecule has 0 aliphatic heterocycles. The fourth-order valence-corrected chi connectivity index (χ4v) is 1.25. The van der Waals surface area contributed by atoms with Crippen molar-refractivity contribution in [2.75, 3.05) is 0 Å².